The van der Waals surface area contributed by atoms with Crippen LogP contribution < -0.4 is 0 Å². The molecule has 0 nitrogen and oxygen atoms in total. The molecule has 1 aromatic carbocycles. The van der Waals surface area contributed by atoms with Gasteiger partial charge in [0.2, 0.25) is 0 Å². The van der Waals surface area contributed by atoms with E-state index in [2.05, 4.69) is 6.58 Å². The van der Waals surface area contributed by atoms with Crippen LogP contribution in [-0.4, -0.2) is 0 Å². The van der Waals surface area contributed by atoms with E-state index in [0.717, 1.165) is 17.7 Å². The molecule has 3 heteroatoms. The molecule has 0 fully saturated rings. The van der Waals surface area contributed by atoms with E-state index < -0.39 is 11.7 Å². The lowest BCUT2D eigenvalue weighted by molar-refractivity contribution is -0.137. The maximum absolute atomic E-state index is 12.3. The molecule has 0 aliphatic heterocycles. The van der Waals surface area contributed by atoms with E-state index in [1.165, 1.54) is 6.07 Å². The van der Waals surface area contributed by atoms with Gasteiger partial charge in [0.15, 0.2) is 0 Å². The van der Waals surface area contributed by atoms with Crippen LogP contribution in [0.1, 0.15) is 18.1 Å². The highest BCUT2D eigenvalue weighted by Gasteiger charge is 2.30. The smallest absolute Gasteiger partial charge is 0.166 e. The number of hydrogen-bond acceptors (Lipinski definition) is 0. The summed E-state index contributed by atoms with van der Waals surface area (Å²) in [5.74, 6) is 0. The first-order valence-electron chi connectivity index (χ1n) is 4.41. The third kappa shape index (κ3) is 3.27. The second kappa shape index (κ2) is 4.34. The lowest BCUT2D eigenvalue weighted by Gasteiger charge is -2.06. The van der Waals surface area contributed by atoms with Crippen molar-refractivity contribution < 1.29 is 13.2 Å². The van der Waals surface area contributed by atoms with Gasteiger partial charge >= 0.3 is 6.18 Å². The summed E-state index contributed by atoms with van der Waals surface area (Å²) in [5, 5.41) is 0. The standard InChI is InChI=1S/C12H11F3/c1-3-9(2)7-10-5-4-6-11(8-10)12(13,14)15/h3-8H,1H2,2H3/b9-7-. The Kier molecular flexibility index (Phi) is 3.35. The van der Waals surface area contributed by atoms with Crippen LogP contribution in [0.5, 0.6) is 0 Å². The van der Waals surface area contributed by atoms with Crippen LogP contribution in [-0.2, 0) is 6.18 Å². The summed E-state index contributed by atoms with van der Waals surface area (Å²) in [6, 6.07) is 5.20. The first-order chi connectivity index (χ1) is 6.93. The topological polar surface area (TPSA) is 0 Å². The van der Waals surface area contributed by atoms with E-state index >= 15 is 0 Å². The molecule has 80 valence electrons. The predicted octanol–water partition coefficient (Wildman–Crippen LogP) is 4.29. The summed E-state index contributed by atoms with van der Waals surface area (Å²) in [6.07, 6.45) is -1.03. The molecule has 0 unspecified atom stereocenters. The molecule has 0 saturated carbocycles. The van der Waals surface area contributed by atoms with Crippen LogP contribution in [0.3, 0.4) is 0 Å². The van der Waals surface area contributed by atoms with Crippen molar-refractivity contribution in [2.45, 2.75) is 13.1 Å². The largest absolute Gasteiger partial charge is 0.416 e. The third-order valence-corrected chi connectivity index (χ3v) is 1.93. The van der Waals surface area contributed by atoms with Crippen LogP contribution in [0.2, 0.25) is 0 Å². The van der Waals surface area contributed by atoms with Crippen LogP contribution >= 0.6 is 0 Å². The number of alkyl halides is 3. The molecule has 1 aromatic rings. The van der Waals surface area contributed by atoms with Crippen molar-refractivity contribution in [2.75, 3.05) is 0 Å². The molecular weight excluding hydrogens is 201 g/mol. The van der Waals surface area contributed by atoms with E-state index in [4.69, 9.17) is 0 Å². The minimum atomic E-state index is -4.29. The fraction of sp³-hybridized carbons (Fsp3) is 0.167. The SMILES string of the molecule is C=C/C(C)=C\c1cccc(C(F)(F)F)c1. The predicted molar refractivity (Wildman–Crippen MR) is 55.3 cm³/mol. The molecule has 15 heavy (non-hydrogen) atoms. The third-order valence-electron chi connectivity index (χ3n) is 1.93. The lowest BCUT2D eigenvalue weighted by atomic mass is 10.1. The fourth-order valence-electron chi connectivity index (χ4n) is 1.13. The van der Waals surface area contributed by atoms with Crippen molar-refractivity contribution in [3.63, 3.8) is 0 Å². The van der Waals surface area contributed by atoms with Crippen LogP contribution in [0.4, 0.5) is 13.2 Å². The van der Waals surface area contributed by atoms with Gasteiger partial charge in [-0.1, -0.05) is 36.4 Å². The number of benzene rings is 1. The molecule has 0 saturated heterocycles. The zero-order valence-corrected chi connectivity index (χ0v) is 8.31. The van der Waals surface area contributed by atoms with Gasteiger partial charge in [-0.3, -0.25) is 0 Å². The molecule has 1 rings (SSSR count). The van der Waals surface area contributed by atoms with E-state index in [1.54, 1.807) is 25.1 Å². The fourth-order valence-corrected chi connectivity index (χ4v) is 1.13. The average Bonchev–Trinajstić information content (AvgIpc) is 2.17. The Labute approximate surface area is 86.7 Å². The lowest BCUT2D eigenvalue weighted by Crippen LogP contribution is -2.04. The maximum atomic E-state index is 12.3. The monoisotopic (exact) mass is 212 g/mol. The number of halogens is 3. The second-order valence-corrected chi connectivity index (χ2v) is 3.22. The van der Waals surface area contributed by atoms with Crippen molar-refractivity contribution in [3.05, 3.63) is 53.6 Å². The molecule has 0 atom stereocenters. The highest BCUT2D eigenvalue weighted by molar-refractivity contribution is 5.55. The molecule has 0 aromatic heterocycles. The van der Waals surface area contributed by atoms with E-state index in [-0.39, 0.29) is 0 Å². The molecule has 0 heterocycles. The van der Waals surface area contributed by atoms with Crippen molar-refractivity contribution in [1.82, 2.24) is 0 Å². The average molecular weight is 212 g/mol. The van der Waals surface area contributed by atoms with Crippen molar-refractivity contribution >= 4 is 6.08 Å². The van der Waals surface area contributed by atoms with Crippen LogP contribution in [0.15, 0.2) is 42.5 Å². The van der Waals surface area contributed by atoms with E-state index in [9.17, 15) is 13.2 Å². The first-order valence-corrected chi connectivity index (χ1v) is 4.41. The summed E-state index contributed by atoms with van der Waals surface area (Å²) >= 11 is 0. The Bertz CT molecular complexity index is 386. The molecule has 0 N–H and O–H groups in total. The Balaban J connectivity index is 3.09. The summed E-state index contributed by atoms with van der Waals surface area (Å²) in [6.45, 7) is 5.32. The van der Waals surface area contributed by atoms with Gasteiger partial charge in [0.25, 0.3) is 0 Å². The van der Waals surface area contributed by atoms with Crippen molar-refractivity contribution in [2.24, 2.45) is 0 Å². The molecule has 0 amide bonds. The van der Waals surface area contributed by atoms with Crippen molar-refractivity contribution in [1.29, 1.82) is 0 Å². The Morgan fingerprint density at radius 1 is 1.33 bits per heavy atom. The minimum absolute atomic E-state index is 0.530. The van der Waals surface area contributed by atoms with Gasteiger partial charge in [-0.05, 0) is 24.6 Å². The van der Waals surface area contributed by atoms with E-state index in [1.807, 2.05) is 0 Å². The number of rotatable bonds is 2. The Morgan fingerprint density at radius 3 is 2.53 bits per heavy atom. The van der Waals surface area contributed by atoms with Crippen LogP contribution in [0.25, 0.3) is 6.08 Å². The molecule has 0 radical (unpaired) electrons. The quantitative estimate of drug-likeness (QED) is 0.641. The van der Waals surface area contributed by atoms with Crippen molar-refractivity contribution in [3.8, 4) is 0 Å². The molecule has 0 spiro atoms. The van der Waals surface area contributed by atoms with Gasteiger partial charge in [-0.2, -0.15) is 13.2 Å². The van der Waals surface area contributed by atoms with Gasteiger partial charge in [0, 0.05) is 0 Å². The van der Waals surface area contributed by atoms with Gasteiger partial charge in [0.05, 0.1) is 5.56 Å². The van der Waals surface area contributed by atoms with Gasteiger partial charge < -0.3 is 0 Å². The molecular formula is C12H11F3. The highest BCUT2D eigenvalue weighted by atomic mass is 19.4. The Morgan fingerprint density at radius 2 is 2.00 bits per heavy atom. The second-order valence-electron chi connectivity index (χ2n) is 3.22. The first kappa shape index (κ1) is 11.6. The van der Waals surface area contributed by atoms with Gasteiger partial charge in [-0.25, -0.2) is 0 Å². The van der Waals surface area contributed by atoms with Gasteiger partial charge in [-0.15, -0.1) is 0 Å². The van der Waals surface area contributed by atoms with E-state index in [0.29, 0.717) is 5.56 Å². The summed E-state index contributed by atoms with van der Waals surface area (Å²) in [4.78, 5) is 0. The maximum Gasteiger partial charge on any atom is 0.416 e. The molecule has 0 aliphatic rings. The number of hydrogen-bond donors (Lipinski definition) is 0. The summed E-state index contributed by atoms with van der Waals surface area (Å²) in [7, 11) is 0. The Hall–Kier alpha value is -1.51. The zero-order chi connectivity index (χ0) is 11.5. The summed E-state index contributed by atoms with van der Waals surface area (Å²) < 4.78 is 37.0. The van der Waals surface area contributed by atoms with Crippen LogP contribution in [0, 0.1) is 0 Å². The summed E-state index contributed by atoms with van der Waals surface area (Å²) in [5.41, 5.74) is 0.727. The highest BCUT2D eigenvalue weighted by Crippen LogP contribution is 2.29. The normalized spacial score (nSPS) is 12.7. The molecule has 0 aliphatic carbocycles. The molecule has 0 bridgehead atoms. The van der Waals surface area contributed by atoms with Gasteiger partial charge in [0.1, 0.15) is 0 Å². The zero-order valence-electron chi connectivity index (χ0n) is 8.31. The number of allylic oxidation sites excluding steroid dienone is 2. The minimum Gasteiger partial charge on any atom is -0.166 e.